The largest absolute Gasteiger partial charge is 0.290 e. The van der Waals surface area contributed by atoms with E-state index in [1.54, 1.807) is 13.8 Å². The van der Waals surface area contributed by atoms with Crippen LogP contribution in [0.4, 0.5) is 8.78 Å². The predicted molar refractivity (Wildman–Crippen MR) is 55.2 cm³/mol. The summed E-state index contributed by atoms with van der Waals surface area (Å²) in [4.78, 5) is 22.9. The van der Waals surface area contributed by atoms with Gasteiger partial charge in [-0.2, -0.15) is 0 Å². The standard InChI is InChI=1S/C12H12F2O2/c1-7(2)5-11(15)12(16)9-4-3-8(13)6-10(9)14/h3-4,6-7H,5H2,1-2H3. The first-order chi connectivity index (χ1) is 7.41. The Bertz CT molecular complexity index is 425. The van der Waals surface area contributed by atoms with Crippen molar-refractivity contribution in [3.8, 4) is 0 Å². The number of carbonyl (C=O) groups is 2. The van der Waals surface area contributed by atoms with Crippen molar-refractivity contribution in [1.29, 1.82) is 0 Å². The van der Waals surface area contributed by atoms with Crippen LogP contribution in [0.2, 0.25) is 0 Å². The highest BCUT2D eigenvalue weighted by Gasteiger charge is 2.20. The molecule has 1 rings (SSSR count). The molecule has 0 aliphatic carbocycles. The maximum atomic E-state index is 13.2. The van der Waals surface area contributed by atoms with E-state index in [-0.39, 0.29) is 17.9 Å². The monoisotopic (exact) mass is 226 g/mol. The summed E-state index contributed by atoms with van der Waals surface area (Å²) in [5.41, 5.74) is -0.368. The third kappa shape index (κ3) is 2.95. The van der Waals surface area contributed by atoms with Crippen LogP contribution in [0.15, 0.2) is 18.2 Å². The molecule has 0 fully saturated rings. The number of carbonyl (C=O) groups excluding carboxylic acids is 2. The van der Waals surface area contributed by atoms with Crippen LogP contribution in [0.25, 0.3) is 0 Å². The molecule has 0 N–H and O–H groups in total. The lowest BCUT2D eigenvalue weighted by Gasteiger charge is -2.04. The van der Waals surface area contributed by atoms with E-state index in [0.29, 0.717) is 6.07 Å². The van der Waals surface area contributed by atoms with Crippen molar-refractivity contribution < 1.29 is 18.4 Å². The van der Waals surface area contributed by atoms with Gasteiger partial charge in [0.15, 0.2) is 0 Å². The van der Waals surface area contributed by atoms with E-state index in [1.807, 2.05) is 0 Å². The lowest BCUT2D eigenvalue weighted by molar-refractivity contribution is -0.115. The van der Waals surface area contributed by atoms with Crippen LogP contribution < -0.4 is 0 Å². The maximum absolute atomic E-state index is 13.2. The van der Waals surface area contributed by atoms with Crippen molar-refractivity contribution in [2.75, 3.05) is 0 Å². The molecule has 1 aromatic carbocycles. The summed E-state index contributed by atoms with van der Waals surface area (Å²) in [7, 11) is 0. The Morgan fingerprint density at radius 1 is 1.25 bits per heavy atom. The number of hydrogen-bond donors (Lipinski definition) is 0. The zero-order valence-corrected chi connectivity index (χ0v) is 9.09. The van der Waals surface area contributed by atoms with Gasteiger partial charge in [0.1, 0.15) is 11.6 Å². The molecule has 0 spiro atoms. The van der Waals surface area contributed by atoms with Crippen molar-refractivity contribution in [3.05, 3.63) is 35.4 Å². The fourth-order valence-corrected chi connectivity index (χ4v) is 1.29. The van der Waals surface area contributed by atoms with E-state index in [0.717, 1.165) is 12.1 Å². The average Bonchev–Trinajstić information content (AvgIpc) is 2.15. The molecular weight excluding hydrogens is 214 g/mol. The molecule has 0 aliphatic heterocycles. The van der Waals surface area contributed by atoms with Gasteiger partial charge < -0.3 is 0 Å². The Morgan fingerprint density at radius 2 is 1.88 bits per heavy atom. The molecule has 0 radical (unpaired) electrons. The lowest BCUT2D eigenvalue weighted by atomic mass is 9.99. The zero-order chi connectivity index (χ0) is 12.3. The summed E-state index contributed by atoms with van der Waals surface area (Å²) >= 11 is 0. The van der Waals surface area contributed by atoms with Gasteiger partial charge in [-0.05, 0) is 18.1 Å². The minimum Gasteiger partial charge on any atom is -0.290 e. The topological polar surface area (TPSA) is 34.1 Å². The highest BCUT2D eigenvalue weighted by Crippen LogP contribution is 2.12. The Kier molecular flexibility index (Phi) is 3.88. The Balaban J connectivity index is 2.92. The normalized spacial score (nSPS) is 10.6. The van der Waals surface area contributed by atoms with E-state index in [2.05, 4.69) is 0 Å². The first kappa shape index (κ1) is 12.5. The summed E-state index contributed by atoms with van der Waals surface area (Å²) < 4.78 is 25.8. The number of hydrogen-bond acceptors (Lipinski definition) is 2. The molecule has 0 amide bonds. The molecule has 0 unspecified atom stereocenters. The molecule has 0 bridgehead atoms. The van der Waals surface area contributed by atoms with Gasteiger partial charge in [0.05, 0.1) is 5.56 Å². The average molecular weight is 226 g/mol. The fourth-order valence-electron chi connectivity index (χ4n) is 1.29. The van der Waals surface area contributed by atoms with Crippen LogP contribution in [0.1, 0.15) is 30.6 Å². The van der Waals surface area contributed by atoms with E-state index in [9.17, 15) is 18.4 Å². The highest BCUT2D eigenvalue weighted by molar-refractivity contribution is 6.43. The van der Waals surface area contributed by atoms with Crippen LogP contribution >= 0.6 is 0 Å². The molecule has 0 aliphatic rings. The van der Waals surface area contributed by atoms with E-state index in [4.69, 9.17) is 0 Å². The lowest BCUT2D eigenvalue weighted by Crippen LogP contribution is -2.17. The summed E-state index contributed by atoms with van der Waals surface area (Å²) in [5.74, 6) is -3.29. The second kappa shape index (κ2) is 4.96. The number of Topliss-reactive ketones (excluding diaryl/α,β-unsaturated/α-hetero) is 2. The third-order valence-corrected chi connectivity index (χ3v) is 2.02. The van der Waals surface area contributed by atoms with Crippen LogP contribution in [-0.2, 0) is 4.79 Å². The summed E-state index contributed by atoms with van der Waals surface area (Å²) in [6.07, 6.45) is 0.0651. The van der Waals surface area contributed by atoms with E-state index < -0.39 is 23.2 Å². The van der Waals surface area contributed by atoms with Crippen LogP contribution in [-0.4, -0.2) is 11.6 Å². The number of rotatable bonds is 4. The fraction of sp³-hybridized carbons (Fsp3) is 0.333. The quantitative estimate of drug-likeness (QED) is 0.584. The Hall–Kier alpha value is -1.58. The van der Waals surface area contributed by atoms with Crippen molar-refractivity contribution >= 4 is 11.6 Å². The summed E-state index contributed by atoms with van der Waals surface area (Å²) in [6.45, 7) is 3.57. The van der Waals surface area contributed by atoms with Gasteiger partial charge in [-0.15, -0.1) is 0 Å². The molecule has 86 valence electrons. The van der Waals surface area contributed by atoms with Crippen LogP contribution in [0, 0.1) is 17.6 Å². The molecule has 0 saturated carbocycles. The maximum Gasteiger partial charge on any atom is 0.231 e. The van der Waals surface area contributed by atoms with Crippen molar-refractivity contribution in [1.82, 2.24) is 0 Å². The van der Waals surface area contributed by atoms with Crippen molar-refractivity contribution in [3.63, 3.8) is 0 Å². The first-order valence-electron chi connectivity index (χ1n) is 4.94. The number of halogens is 2. The Morgan fingerprint density at radius 3 is 2.38 bits per heavy atom. The molecule has 0 heterocycles. The molecule has 0 saturated heterocycles. The summed E-state index contributed by atoms with van der Waals surface area (Å²) in [6, 6.07) is 2.54. The number of ketones is 2. The zero-order valence-electron chi connectivity index (χ0n) is 9.09. The Labute approximate surface area is 92.3 Å². The van der Waals surface area contributed by atoms with Gasteiger partial charge in [-0.3, -0.25) is 9.59 Å². The number of benzene rings is 1. The smallest absolute Gasteiger partial charge is 0.231 e. The van der Waals surface area contributed by atoms with Crippen molar-refractivity contribution in [2.45, 2.75) is 20.3 Å². The van der Waals surface area contributed by atoms with Gasteiger partial charge in [0, 0.05) is 12.5 Å². The molecule has 0 atom stereocenters. The molecule has 1 aromatic rings. The van der Waals surface area contributed by atoms with Gasteiger partial charge >= 0.3 is 0 Å². The van der Waals surface area contributed by atoms with E-state index >= 15 is 0 Å². The van der Waals surface area contributed by atoms with Gasteiger partial charge in [0.25, 0.3) is 0 Å². The molecule has 16 heavy (non-hydrogen) atoms. The van der Waals surface area contributed by atoms with Crippen LogP contribution in [0.5, 0.6) is 0 Å². The molecule has 0 aromatic heterocycles. The predicted octanol–water partition coefficient (Wildman–Crippen LogP) is 2.76. The first-order valence-corrected chi connectivity index (χ1v) is 4.94. The second-order valence-electron chi connectivity index (χ2n) is 3.97. The highest BCUT2D eigenvalue weighted by atomic mass is 19.1. The minimum atomic E-state index is -0.998. The summed E-state index contributed by atoms with van der Waals surface area (Å²) in [5, 5.41) is 0. The van der Waals surface area contributed by atoms with Crippen molar-refractivity contribution in [2.24, 2.45) is 5.92 Å². The molecular formula is C12H12F2O2. The SMILES string of the molecule is CC(C)CC(=O)C(=O)c1ccc(F)cc1F. The van der Waals surface area contributed by atoms with E-state index in [1.165, 1.54) is 0 Å². The molecule has 4 heteroatoms. The van der Waals surface area contributed by atoms with Gasteiger partial charge in [-0.25, -0.2) is 8.78 Å². The molecule has 2 nitrogen and oxygen atoms in total. The third-order valence-electron chi connectivity index (χ3n) is 2.02. The minimum absolute atomic E-state index is 0.0277. The van der Waals surface area contributed by atoms with Gasteiger partial charge in [-0.1, -0.05) is 13.8 Å². The van der Waals surface area contributed by atoms with Gasteiger partial charge in [0.2, 0.25) is 11.6 Å². The second-order valence-corrected chi connectivity index (χ2v) is 3.97. The van der Waals surface area contributed by atoms with Crippen LogP contribution in [0.3, 0.4) is 0 Å².